The Kier molecular flexibility index (Phi) is 4.51. The topological polar surface area (TPSA) is 72.2 Å². The maximum atomic E-state index is 12.5. The first-order chi connectivity index (χ1) is 9.70. The lowest BCUT2D eigenvalue weighted by atomic mass is 10.1. The molecule has 0 saturated carbocycles. The van der Waals surface area contributed by atoms with Crippen molar-refractivity contribution < 1.29 is 8.42 Å². The van der Waals surface area contributed by atoms with Gasteiger partial charge in [0.1, 0.15) is 4.90 Å². The van der Waals surface area contributed by atoms with Crippen LogP contribution in [0.25, 0.3) is 0 Å². The Morgan fingerprint density at radius 2 is 1.71 bits per heavy atom. The Morgan fingerprint density at radius 1 is 1.14 bits per heavy atom. The molecule has 0 aliphatic rings. The third kappa shape index (κ3) is 3.51. The number of aryl methyl sites for hydroxylation is 2. The van der Waals surface area contributed by atoms with Gasteiger partial charge < -0.3 is 5.73 Å². The summed E-state index contributed by atoms with van der Waals surface area (Å²) in [5.41, 5.74) is 8.18. The molecule has 112 valence electrons. The van der Waals surface area contributed by atoms with Crippen molar-refractivity contribution in [2.75, 3.05) is 10.5 Å². The molecule has 0 unspecified atom stereocenters. The molecule has 0 spiro atoms. The summed E-state index contributed by atoms with van der Waals surface area (Å²) >= 11 is 9.36. The molecule has 2 rings (SSSR count). The van der Waals surface area contributed by atoms with E-state index in [1.807, 2.05) is 26.0 Å². The first-order valence-corrected chi connectivity index (χ1v) is 8.71. The molecule has 2 aromatic rings. The highest BCUT2D eigenvalue weighted by atomic mass is 79.9. The number of benzene rings is 2. The van der Waals surface area contributed by atoms with Crippen LogP contribution in [0.1, 0.15) is 11.1 Å². The maximum absolute atomic E-state index is 12.5. The van der Waals surface area contributed by atoms with E-state index in [4.69, 9.17) is 17.3 Å². The van der Waals surface area contributed by atoms with E-state index in [0.717, 1.165) is 15.6 Å². The van der Waals surface area contributed by atoms with Crippen LogP contribution in [0.4, 0.5) is 11.4 Å². The normalized spacial score (nSPS) is 11.4. The number of halogens is 2. The molecular formula is C14H14BrClN2O2S. The van der Waals surface area contributed by atoms with E-state index in [-0.39, 0.29) is 9.92 Å². The van der Waals surface area contributed by atoms with Crippen molar-refractivity contribution in [3.05, 3.63) is 51.0 Å². The summed E-state index contributed by atoms with van der Waals surface area (Å²) in [5.74, 6) is 0. The van der Waals surface area contributed by atoms with Crippen LogP contribution in [0.3, 0.4) is 0 Å². The first kappa shape index (κ1) is 16.1. The van der Waals surface area contributed by atoms with Crippen LogP contribution in [0.2, 0.25) is 5.02 Å². The molecule has 21 heavy (non-hydrogen) atoms. The number of sulfonamides is 1. The number of nitrogen functional groups attached to an aromatic ring is 1. The summed E-state index contributed by atoms with van der Waals surface area (Å²) in [4.78, 5) is 0.0000791. The lowest BCUT2D eigenvalue weighted by molar-refractivity contribution is 0.601. The SMILES string of the molecule is Cc1cc(Br)cc(C)c1NS(=O)(=O)c1ccc(N)cc1Cl. The second-order valence-electron chi connectivity index (χ2n) is 4.71. The number of nitrogens with two attached hydrogens (primary N) is 1. The highest BCUT2D eigenvalue weighted by Crippen LogP contribution is 2.30. The number of anilines is 2. The predicted molar refractivity (Wildman–Crippen MR) is 90.3 cm³/mol. The zero-order valence-corrected chi connectivity index (χ0v) is 14.6. The predicted octanol–water partition coefficient (Wildman–Crippen LogP) is 4.10. The summed E-state index contributed by atoms with van der Waals surface area (Å²) < 4.78 is 28.4. The summed E-state index contributed by atoms with van der Waals surface area (Å²) in [6, 6.07) is 7.99. The van der Waals surface area contributed by atoms with Crippen molar-refractivity contribution in [2.24, 2.45) is 0 Å². The Hall–Kier alpha value is -1.24. The number of nitrogens with one attached hydrogen (secondary N) is 1. The van der Waals surface area contributed by atoms with Crippen molar-refractivity contribution in [1.29, 1.82) is 0 Å². The van der Waals surface area contributed by atoms with E-state index in [9.17, 15) is 8.42 Å². The average Bonchev–Trinajstić information content (AvgIpc) is 2.33. The fraction of sp³-hybridized carbons (Fsp3) is 0.143. The van der Waals surface area contributed by atoms with Crippen molar-refractivity contribution in [2.45, 2.75) is 18.7 Å². The van der Waals surface area contributed by atoms with Gasteiger partial charge in [-0.3, -0.25) is 4.72 Å². The molecule has 7 heteroatoms. The van der Waals surface area contributed by atoms with Gasteiger partial charge in [0, 0.05) is 10.2 Å². The summed E-state index contributed by atoms with van der Waals surface area (Å²) in [6.45, 7) is 3.67. The Labute approximate surface area is 137 Å². The van der Waals surface area contributed by atoms with Crippen LogP contribution in [0.5, 0.6) is 0 Å². The smallest absolute Gasteiger partial charge is 0.263 e. The molecule has 0 radical (unpaired) electrons. The first-order valence-electron chi connectivity index (χ1n) is 6.05. The molecule has 0 saturated heterocycles. The molecule has 0 atom stereocenters. The lowest BCUT2D eigenvalue weighted by Gasteiger charge is -2.14. The van der Waals surface area contributed by atoms with Gasteiger partial charge in [-0.1, -0.05) is 27.5 Å². The Bertz CT molecular complexity index is 784. The number of rotatable bonds is 3. The van der Waals surface area contributed by atoms with E-state index >= 15 is 0 Å². The van der Waals surface area contributed by atoms with Crippen LogP contribution in [0.15, 0.2) is 39.7 Å². The molecule has 0 aliphatic carbocycles. The third-order valence-corrected chi connectivity index (χ3v) is 5.27. The van der Waals surface area contributed by atoms with Crippen molar-refractivity contribution in [3.8, 4) is 0 Å². The minimum atomic E-state index is -3.77. The second-order valence-corrected chi connectivity index (χ2v) is 7.68. The van der Waals surface area contributed by atoms with Crippen molar-refractivity contribution >= 4 is 48.9 Å². The standard InChI is InChI=1S/C14H14BrClN2O2S/c1-8-5-10(15)6-9(2)14(8)18-21(19,20)13-4-3-11(17)7-12(13)16/h3-7,18H,17H2,1-2H3. The van der Waals surface area contributed by atoms with Gasteiger partial charge in [0.25, 0.3) is 10.0 Å². The fourth-order valence-corrected chi connectivity index (χ4v) is 4.44. The van der Waals surface area contributed by atoms with Gasteiger partial charge in [-0.15, -0.1) is 0 Å². The van der Waals surface area contributed by atoms with E-state index in [2.05, 4.69) is 20.7 Å². The lowest BCUT2D eigenvalue weighted by Crippen LogP contribution is -2.15. The zero-order chi connectivity index (χ0) is 15.8. The second kappa shape index (κ2) is 5.87. The highest BCUT2D eigenvalue weighted by Gasteiger charge is 2.20. The quantitative estimate of drug-likeness (QED) is 0.776. The molecule has 0 fully saturated rings. The molecule has 0 heterocycles. The van der Waals surface area contributed by atoms with Crippen LogP contribution < -0.4 is 10.5 Å². The van der Waals surface area contributed by atoms with Crippen molar-refractivity contribution in [3.63, 3.8) is 0 Å². The van der Waals surface area contributed by atoms with E-state index in [1.54, 1.807) is 0 Å². The molecule has 0 aromatic heterocycles. The fourth-order valence-electron chi connectivity index (χ4n) is 2.00. The monoisotopic (exact) mass is 388 g/mol. The molecule has 0 aliphatic heterocycles. The molecular weight excluding hydrogens is 376 g/mol. The molecule has 4 nitrogen and oxygen atoms in total. The van der Waals surface area contributed by atoms with Crippen LogP contribution in [-0.4, -0.2) is 8.42 Å². The van der Waals surface area contributed by atoms with Gasteiger partial charge in [-0.2, -0.15) is 0 Å². The molecule has 3 N–H and O–H groups in total. The van der Waals surface area contributed by atoms with Crippen LogP contribution >= 0.6 is 27.5 Å². The van der Waals surface area contributed by atoms with E-state index in [1.165, 1.54) is 18.2 Å². The Balaban J connectivity index is 2.47. The summed E-state index contributed by atoms with van der Waals surface area (Å²) in [6.07, 6.45) is 0. The third-order valence-electron chi connectivity index (χ3n) is 2.98. The van der Waals surface area contributed by atoms with Crippen LogP contribution in [0, 0.1) is 13.8 Å². The minimum Gasteiger partial charge on any atom is -0.399 e. The highest BCUT2D eigenvalue weighted by molar-refractivity contribution is 9.10. The zero-order valence-electron chi connectivity index (χ0n) is 11.4. The minimum absolute atomic E-state index is 0.0000791. The van der Waals surface area contributed by atoms with Gasteiger partial charge in [-0.05, 0) is 55.3 Å². The van der Waals surface area contributed by atoms with Crippen LogP contribution in [-0.2, 0) is 10.0 Å². The summed E-state index contributed by atoms with van der Waals surface area (Å²) in [7, 11) is -3.77. The van der Waals surface area contributed by atoms with Gasteiger partial charge in [-0.25, -0.2) is 8.42 Å². The van der Waals surface area contributed by atoms with Gasteiger partial charge >= 0.3 is 0 Å². The average molecular weight is 390 g/mol. The van der Waals surface area contributed by atoms with Gasteiger partial charge in [0.15, 0.2) is 0 Å². The van der Waals surface area contributed by atoms with E-state index in [0.29, 0.717) is 11.4 Å². The molecule has 2 aromatic carbocycles. The van der Waals surface area contributed by atoms with Gasteiger partial charge in [0.2, 0.25) is 0 Å². The van der Waals surface area contributed by atoms with Crippen molar-refractivity contribution in [1.82, 2.24) is 0 Å². The number of hydrogen-bond donors (Lipinski definition) is 2. The Morgan fingerprint density at radius 3 is 2.24 bits per heavy atom. The molecule has 0 amide bonds. The largest absolute Gasteiger partial charge is 0.399 e. The molecule has 0 bridgehead atoms. The van der Waals surface area contributed by atoms with E-state index < -0.39 is 10.0 Å². The number of hydrogen-bond acceptors (Lipinski definition) is 3. The maximum Gasteiger partial charge on any atom is 0.263 e. The van der Waals surface area contributed by atoms with Gasteiger partial charge in [0.05, 0.1) is 10.7 Å². The summed E-state index contributed by atoms with van der Waals surface area (Å²) in [5, 5.41) is 0.0925.